The maximum absolute atomic E-state index is 12.6. The fourth-order valence-electron chi connectivity index (χ4n) is 8.68. The van der Waals surface area contributed by atoms with Crippen molar-refractivity contribution in [1.82, 2.24) is 20.2 Å². The lowest BCUT2D eigenvalue weighted by molar-refractivity contribution is -0.120. The molecule has 374 valence electrons. The van der Waals surface area contributed by atoms with E-state index in [-0.39, 0.29) is 43.7 Å². The number of carbonyl (C=O) groups excluding carboxylic acids is 2. The van der Waals surface area contributed by atoms with Crippen LogP contribution in [0.4, 0.5) is 0 Å². The van der Waals surface area contributed by atoms with Crippen LogP contribution < -0.4 is 20.1 Å². The minimum absolute atomic E-state index is 0.0573. The number of amides is 2. The first-order chi connectivity index (χ1) is 33.3. The molecule has 14 heteroatoms. The molecular formula is C55H76N5O8P. The van der Waals surface area contributed by atoms with Crippen molar-refractivity contribution >= 4 is 20.3 Å². The fraction of sp³-hybridized carbons (Fsp3) is 0.509. The molecule has 2 N–H and O–H groups in total. The van der Waals surface area contributed by atoms with E-state index in [4.69, 9.17) is 34.6 Å². The number of hydrogen-bond donors (Lipinski definition) is 2. The quantitative estimate of drug-likeness (QED) is 0.0219. The van der Waals surface area contributed by atoms with Gasteiger partial charge < -0.3 is 48.4 Å². The predicted octanol–water partition coefficient (Wildman–Crippen LogP) is 11.2. The van der Waals surface area contributed by atoms with E-state index < -0.39 is 32.6 Å². The summed E-state index contributed by atoms with van der Waals surface area (Å²) in [6.07, 6.45) is 10.8. The lowest BCUT2D eigenvalue weighted by Gasteiger charge is -2.39. The number of ether oxygens (including phenoxy) is 4. The molecular weight excluding hydrogens is 890 g/mol. The van der Waals surface area contributed by atoms with Crippen molar-refractivity contribution < 1.29 is 37.6 Å². The van der Waals surface area contributed by atoms with Gasteiger partial charge >= 0.3 is 0 Å². The highest BCUT2D eigenvalue weighted by Crippen LogP contribution is 2.50. The molecule has 3 aromatic carbocycles. The molecule has 3 unspecified atom stereocenters. The number of nitrogens with zero attached hydrogens (tertiary/aromatic N) is 3. The molecule has 13 nitrogen and oxygen atoms in total. The van der Waals surface area contributed by atoms with E-state index in [1.165, 1.54) is 32.1 Å². The number of unbranched alkanes of at least 4 members (excludes halogenated alkanes) is 8. The van der Waals surface area contributed by atoms with Crippen LogP contribution in [0.25, 0.3) is 4.85 Å². The summed E-state index contributed by atoms with van der Waals surface area (Å²) >= 11 is 0. The van der Waals surface area contributed by atoms with E-state index in [2.05, 4.69) is 85.3 Å². The molecule has 0 saturated carbocycles. The average Bonchev–Trinajstić information content (AvgIpc) is 3.74. The minimum atomic E-state index is -1.62. The Bertz CT molecular complexity index is 2150. The normalized spacial score (nSPS) is 18.4. The number of nitrogens with one attached hydrogen (secondary N) is 2. The Morgan fingerprint density at radius 3 is 2.06 bits per heavy atom. The molecule has 0 radical (unpaired) electrons. The van der Waals surface area contributed by atoms with Crippen LogP contribution in [-0.4, -0.2) is 91.9 Å². The summed E-state index contributed by atoms with van der Waals surface area (Å²) in [5, 5.41) is 5.77. The fourth-order valence-corrected chi connectivity index (χ4v) is 10.4. The van der Waals surface area contributed by atoms with Crippen molar-refractivity contribution in [1.29, 1.82) is 0 Å². The molecule has 2 heterocycles. The third-order valence-corrected chi connectivity index (χ3v) is 14.4. The van der Waals surface area contributed by atoms with Crippen LogP contribution in [0.2, 0.25) is 0 Å². The summed E-state index contributed by atoms with van der Waals surface area (Å²) in [4.78, 5) is 29.6. The number of carbonyl (C=O) groups is 2. The maximum Gasteiger partial charge on any atom is 0.259 e. The van der Waals surface area contributed by atoms with Crippen LogP contribution in [0, 0.1) is 6.57 Å². The summed E-state index contributed by atoms with van der Waals surface area (Å²) in [5.74, 6) is 1.66. The Balaban J connectivity index is 1.35. The monoisotopic (exact) mass is 966 g/mol. The second-order valence-electron chi connectivity index (χ2n) is 18.3. The zero-order chi connectivity index (χ0) is 49.8. The van der Waals surface area contributed by atoms with E-state index in [0.717, 1.165) is 53.9 Å². The lowest BCUT2D eigenvalue weighted by atomic mass is 9.80. The average molecular weight is 966 g/mol. The van der Waals surface area contributed by atoms with Crippen LogP contribution in [0.15, 0.2) is 115 Å². The zero-order valence-corrected chi connectivity index (χ0v) is 42.9. The van der Waals surface area contributed by atoms with E-state index in [0.29, 0.717) is 36.5 Å². The first-order valence-corrected chi connectivity index (χ1v) is 25.8. The van der Waals surface area contributed by atoms with Gasteiger partial charge in [-0.3, -0.25) is 9.59 Å². The lowest BCUT2D eigenvalue weighted by Crippen LogP contribution is -2.43. The summed E-state index contributed by atoms with van der Waals surface area (Å²) in [7, 11) is 0.0310. The second-order valence-corrected chi connectivity index (χ2v) is 19.7. The summed E-state index contributed by atoms with van der Waals surface area (Å²) in [5.41, 5.74) is 2.69. The van der Waals surface area contributed by atoms with E-state index in [9.17, 15) is 9.59 Å². The Morgan fingerprint density at radius 1 is 0.899 bits per heavy atom. The van der Waals surface area contributed by atoms with Gasteiger partial charge in [-0.05, 0) is 95.3 Å². The molecule has 0 aliphatic carbocycles. The second kappa shape index (κ2) is 28.0. The van der Waals surface area contributed by atoms with Gasteiger partial charge in [-0.1, -0.05) is 113 Å². The molecule has 0 bridgehead atoms. The number of hydrogen-bond acceptors (Lipinski definition) is 10. The third kappa shape index (κ3) is 15.7. The number of rotatable bonds is 30. The molecule has 0 spiro atoms. The molecule has 69 heavy (non-hydrogen) atoms. The Kier molecular flexibility index (Phi) is 22.2. The molecule has 1 fully saturated rings. The van der Waals surface area contributed by atoms with Gasteiger partial charge in [0, 0.05) is 42.4 Å². The maximum atomic E-state index is 12.6. The molecule has 1 saturated heterocycles. The predicted molar refractivity (Wildman–Crippen MR) is 274 cm³/mol. The molecule has 2 aliphatic heterocycles. The van der Waals surface area contributed by atoms with Crippen molar-refractivity contribution in [2.24, 2.45) is 0 Å². The van der Waals surface area contributed by atoms with Gasteiger partial charge in [0.05, 0.1) is 26.4 Å². The molecule has 2 amide bonds. The van der Waals surface area contributed by atoms with Gasteiger partial charge in [0.2, 0.25) is 12.5 Å². The van der Waals surface area contributed by atoms with Gasteiger partial charge in [-0.25, -0.2) is 11.2 Å². The highest BCUT2D eigenvalue weighted by Gasteiger charge is 2.46. The Hall–Kier alpha value is -5.06. The standard InChI is InChI=1S/C55H76N5O8P/c1-40(2)53(61)57-33-21-16-14-12-11-13-15-17-22-35-64-49-31-27-47(28-32-49)55(45-23-19-18-20-24-45,46-25-29-48(63-10)30-26-46)65-39-51-50(37-52(67-51)59-38-43(7)54(62)58-44(59)8)68-69(66-36-34-56-9)60(41(3)4)42(5)6/h18-20,23-32,38,41-42,50-52H,1,8,11-17,21-22,33-37,39H2,2-7,10H3,(H,57,61)(H,58,62)/t50?,51-,52-,55?,69?/m1/s1. The van der Waals surface area contributed by atoms with Gasteiger partial charge in [-0.2, -0.15) is 0 Å². The topological polar surface area (TPSA) is 124 Å². The van der Waals surface area contributed by atoms with Crippen molar-refractivity contribution in [3.63, 3.8) is 0 Å². The Morgan fingerprint density at radius 2 is 1.48 bits per heavy atom. The smallest absolute Gasteiger partial charge is 0.259 e. The van der Waals surface area contributed by atoms with Gasteiger partial charge in [0.1, 0.15) is 41.9 Å². The third-order valence-electron chi connectivity index (χ3n) is 12.3. The SMILES string of the molecule is [C-]#[N+]CCOP(OC1C[C@H](N2C=C(C)C(=O)NC2=C)O[C@@H]1COC(c1ccccc1)(c1ccc(OC)cc1)c1ccc(OCCCCCCCCCCCNC(=O)C(=C)C)cc1)N(C(C)C)C(C)C. The van der Waals surface area contributed by atoms with Crippen molar-refractivity contribution in [2.75, 3.05) is 40.0 Å². The Labute approximate surface area is 413 Å². The summed E-state index contributed by atoms with van der Waals surface area (Å²) in [6.45, 7) is 29.1. The van der Waals surface area contributed by atoms with Crippen molar-refractivity contribution in [3.8, 4) is 11.5 Å². The molecule has 5 atom stereocenters. The highest BCUT2D eigenvalue weighted by molar-refractivity contribution is 7.44. The van der Waals surface area contributed by atoms with Crippen molar-refractivity contribution in [2.45, 2.75) is 142 Å². The first-order valence-electron chi connectivity index (χ1n) is 24.6. The van der Waals surface area contributed by atoms with Crippen LogP contribution in [-0.2, 0) is 33.7 Å². The summed E-state index contributed by atoms with van der Waals surface area (Å²) < 4.78 is 41.9. The molecule has 2 aliphatic rings. The molecule has 3 aromatic rings. The van der Waals surface area contributed by atoms with Crippen molar-refractivity contribution in [3.05, 3.63) is 143 Å². The summed E-state index contributed by atoms with van der Waals surface area (Å²) in [6, 6.07) is 26.5. The highest BCUT2D eigenvalue weighted by atomic mass is 31.2. The van der Waals surface area contributed by atoms with Gasteiger partial charge in [-0.15, -0.1) is 0 Å². The van der Waals surface area contributed by atoms with E-state index >= 15 is 0 Å². The largest absolute Gasteiger partial charge is 0.497 e. The molecule has 5 rings (SSSR count). The van der Waals surface area contributed by atoms with Crippen LogP contribution in [0.5, 0.6) is 11.5 Å². The minimum Gasteiger partial charge on any atom is -0.497 e. The van der Waals surface area contributed by atoms with E-state index in [1.54, 1.807) is 27.2 Å². The molecule has 0 aromatic heterocycles. The van der Waals surface area contributed by atoms with Gasteiger partial charge in [0.15, 0.2) is 0 Å². The van der Waals surface area contributed by atoms with E-state index in [1.807, 2.05) is 59.5 Å². The first kappa shape index (κ1) is 54.9. The van der Waals surface area contributed by atoms with Crippen LogP contribution in [0.1, 0.15) is 122 Å². The van der Waals surface area contributed by atoms with Crippen LogP contribution in [0.3, 0.4) is 0 Å². The van der Waals surface area contributed by atoms with Crippen LogP contribution >= 0.6 is 8.53 Å². The zero-order valence-electron chi connectivity index (χ0n) is 42.0. The van der Waals surface area contributed by atoms with Gasteiger partial charge in [0.25, 0.3) is 14.4 Å². The number of methoxy groups -OCH3 is 1. The number of benzene rings is 3.